The SMILES string of the molecule is C#CCN(CC(=O)O)C(=O)Cc1cc(Cl)ccc1OC. The highest BCUT2D eigenvalue weighted by atomic mass is 35.5. The number of carboxylic acids is 1. The summed E-state index contributed by atoms with van der Waals surface area (Å²) in [5, 5.41) is 9.23. The maximum atomic E-state index is 12.1. The van der Waals surface area contributed by atoms with Gasteiger partial charge in [-0.1, -0.05) is 17.5 Å². The van der Waals surface area contributed by atoms with Crippen molar-refractivity contribution in [3.8, 4) is 18.1 Å². The molecule has 1 rings (SSSR count). The van der Waals surface area contributed by atoms with Crippen LogP contribution in [0.3, 0.4) is 0 Å². The number of methoxy groups -OCH3 is 1. The molecule has 0 fully saturated rings. The third kappa shape index (κ3) is 4.48. The van der Waals surface area contributed by atoms with Crippen molar-refractivity contribution in [1.29, 1.82) is 0 Å². The Bertz CT molecular complexity index is 551. The number of aliphatic carboxylic acids is 1. The van der Waals surface area contributed by atoms with Crippen molar-refractivity contribution in [2.45, 2.75) is 6.42 Å². The van der Waals surface area contributed by atoms with Gasteiger partial charge in [-0.2, -0.15) is 0 Å². The lowest BCUT2D eigenvalue weighted by atomic mass is 10.1. The van der Waals surface area contributed by atoms with Gasteiger partial charge in [0.15, 0.2) is 0 Å². The summed E-state index contributed by atoms with van der Waals surface area (Å²) in [7, 11) is 1.48. The van der Waals surface area contributed by atoms with Gasteiger partial charge in [0.05, 0.1) is 20.1 Å². The first-order valence-electron chi connectivity index (χ1n) is 5.73. The summed E-state index contributed by atoms with van der Waals surface area (Å²) in [4.78, 5) is 23.9. The number of hydrogen-bond acceptors (Lipinski definition) is 3. The molecule has 0 spiro atoms. The summed E-state index contributed by atoms with van der Waals surface area (Å²) in [5.74, 6) is 1.26. The van der Waals surface area contributed by atoms with Gasteiger partial charge in [0, 0.05) is 10.6 Å². The van der Waals surface area contributed by atoms with Gasteiger partial charge in [-0.05, 0) is 18.2 Å². The number of amides is 1. The molecule has 0 aliphatic heterocycles. The molecule has 0 atom stereocenters. The van der Waals surface area contributed by atoms with E-state index in [-0.39, 0.29) is 13.0 Å². The number of benzene rings is 1. The second kappa shape index (κ2) is 7.41. The van der Waals surface area contributed by atoms with Gasteiger partial charge < -0.3 is 14.7 Å². The van der Waals surface area contributed by atoms with Crippen LogP contribution >= 0.6 is 11.6 Å². The Morgan fingerprint density at radius 1 is 1.50 bits per heavy atom. The lowest BCUT2D eigenvalue weighted by Gasteiger charge is -2.18. The van der Waals surface area contributed by atoms with E-state index in [1.54, 1.807) is 18.2 Å². The van der Waals surface area contributed by atoms with Crippen LogP contribution in [0.25, 0.3) is 0 Å². The zero-order chi connectivity index (χ0) is 15.1. The van der Waals surface area contributed by atoms with Crippen molar-refractivity contribution in [1.82, 2.24) is 4.90 Å². The third-order valence-corrected chi connectivity index (χ3v) is 2.78. The molecule has 0 bridgehead atoms. The van der Waals surface area contributed by atoms with E-state index < -0.39 is 18.4 Å². The van der Waals surface area contributed by atoms with E-state index in [4.69, 9.17) is 27.9 Å². The van der Waals surface area contributed by atoms with Crippen LogP contribution in [0, 0.1) is 12.3 Å². The lowest BCUT2D eigenvalue weighted by Crippen LogP contribution is -2.37. The van der Waals surface area contributed by atoms with Crippen molar-refractivity contribution in [3.05, 3.63) is 28.8 Å². The molecule has 0 unspecified atom stereocenters. The van der Waals surface area contributed by atoms with Crippen LogP contribution in [0.1, 0.15) is 5.56 Å². The molecule has 1 aromatic rings. The van der Waals surface area contributed by atoms with Crippen LogP contribution in [0.15, 0.2) is 18.2 Å². The van der Waals surface area contributed by atoms with E-state index in [1.165, 1.54) is 7.11 Å². The summed E-state index contributed by atoms with van der Waals surface area (Å²) in [5.41, 5.74) is 0.581. The number of carbonyl (C=O) groups is 2. The fourth-order valence-corrected chi connectivity index (χ4v) is 1.86. The van der Waals surface area contributed by atoms with E-state index in [2.05, 4.69) is 5.92 Å². The standard InChI is InChI=1S/C14H14ClNO4/c1-3-6-16(9-14(18)19)13(17)8-10-7-11(15)4-5-12(10)20-2/h1,4-5,7H,6,8-9H2,2H3,(H,18,19). The molecule has 106 valence electrons. The first-order chi connectivity index (χ1) is 9.47. The Kier molecular flexibility index (Phi) is 5.88. The topological polar surface area (TPSA) is 66.8 Å². The normalized spacial score (nSPS) is 9.65. The minimum absolute atomic E-state index is 0.0291. The third-order valence-electron chi connectivity index (χ3n) is 2.55. The molecule has 0 saturated heterocycles. The van der Waals surface area contributed by atoms with E-state index >= 15 is 0 Å². The van der Waals surface area contributed by atoms with Crippen LogP contribution in [0.4, 0.5) is 0 Å². The average Bonchev–Trinajstić information content (AvgIpc) is 2.38. The molecule has 0 aromatic heterocycles. The highest BCUT2D eigenvalue weighted by molar-refractivity contribution is 6.30. The van der Waals surface area contributed by atoms with Gasteiger partial charge in [0.2, 0.25) is 5.91 Å². The van der Waals surface area contributed by atoms with Crippen molar-refractivity contribution < 1.29 is 19.4 Å². The highest BCUT2D eigenvalue weighted by Crippen LogP contribution is 2.23. The minimum atomic E-state index is -1.12. The summed E-state index contributed by atoms with van der Waals surface area (Å²) in [6.07, 6.45) is 5.10. The first-order valence-corrected chi connectivity index (χ1v) is 6.11. The first kappa shape index (κ1) is 15.9. The molecule has 0 radical (unpaired) electrons. The lowest BCUT2D eigenvalue weighted by molar-refractivity contribution is -0.143. The van der Waals surface area contributed by atoms with Crippen LogP contribution in [-0.4, -0.2) is 42.1 Å². The van der Waals surface area contributed by atoms with Crippen molar-refractivity contribution in [3.63, 3.8) is 0 Å². The molecule has 0 heterocycles. The van der Waals surface area contributed by atoms with E-state index in [1.807, 2.05) is 0 Å². The monoisotopic (exact) mass is 295 g/mol. The molecular weight excluding hydrogens is 282 g/mol. The molecular formula is C14H14ClNO4. The van der Waals surface area contributed by atoms with Crippen molar-refractivity contribution in [2.75, 3.05) is 20.2 Å². The largest absolute Gasteiger partial charge is 0.496 e. The van der Waals surface area contributed by atoms with Crippen molar-refractivity contribution in [2.24, 2.45) is 0 Å². The Labute approximate surface area is 122 Å². The fourth-order valence-electron chi connectivity index (χ4n) is 1.67. The number of hydrogen-bond donors (Lipinski definition) is 1. The minimum Gasteiger partial charge on any atom is -0.496 e. The molecule has 5 nitrogen and oxygen atoms in total. The van der Waals surface area contributed by atoms with E-state index in [0.717, 1.165) is 4.90 Å². The number of ether oxygens (including phenoxy) is 1. The van der Waals surface area contributed by atoms with E-state index in [9.17, 15) is 9.59 Å². The van der Waals surface area contributed by atoms with Crippen molar-refractivity contribution >= 4 is 23.5 Å². The quantitative estimate of drug-likeness (QED) is 0.807. The molecule has 6 heteroatoms. The zero-order valence-corrected chi connectivity index (χ0v) is 11.7. The summed E-state index contributed by atoms with van der Waals surface area (Å²) < 4.78 is 5.14. The van der Waals surface area contributed by atoms with Crippen LogP contribution in [0.2, 0.25) is 5.02 Å². The Morgan fingerprint density at radius 2 is 2.20 bits per heavy atom. The molecule has 20 heavy (non-hydrogen) atoms. The number of halogens is 1. The summed E-state index contributed by atoms with van der Waals surface area (Å²) >= 11 is 5.88. The van der Waals surface area contributed by atoms with Gasteiger partial charge in [0.1, 0.15) is 12.3 Å². The zero-order valence-electron chi connectivity index (χ0n) is 10.9. The molecule has 1 N–H and O–H groups in total. The van der Waals surface area contributed by atoms with Crippen LogP contribution < -0.4 is 4.74 Å². The molecule has 0 aliphatic carbocycles. The maximum absolute atomic E-state index is 12.1. The van der Waals surface area contributed by atoms with Gasteiger partial charge in [0.25, 0.3) is 0 Å². The van der Waals surface area contributed by atoms with Gasteiger partial charge in [-0.15, -0.1) is 6.42 Å². The van der Waals surface area contributed by atoms with E-state index in [0.29, 0.717) is 16.3 Å². The summed E-state index contributed by atoms with van der Waals surface area (Å²) in [6, 6.07) is 4.89. The Morgan fingerprint density at radius 3 is 2.75 bits per heavy atom. The number of carboxylic acid groups (broad SMARTS) is 1. The fraction of sp³-hybridized carbons (Fsp3) is 0.286. The summed E-state index contributed by atoms with van der Waals surface area (Å²) in [6.45, 7) is -0.500. The second-order valence-corrected chi connectivity index (χ2v) is 4.42. The number of terminal acetylenes is 1. The smallest absolute Gasteiger partial charge is 0.323 e. The van der Waals surface area contributed by atoms with Crippen LogP contribution in [-0.2, 0) is 16.0 Å². The van der Waals surface area contributed by atoms with Crippen LogP contribution in [0.5, 0.6) is 5.75 Å². The highest BCUT2D eigenvalue weighted by Gasteiger charge is 2.18. The second-order valence-electron chi connectivity index (χ2n) is 3.98. The average molecular weight is 296 g/mol. The molecule has 1 aromatic carbocycles. The number of nitrogens with zero attached hydrogens (tertiary/aromatic N) is 1. The molecule has 0 saturated carbocycles. The number of carbonyl (C=O) groups excluding carboxylic acids is 1. The predicted molar refractivity (Wildman–Crippen MR) is 74.8 cm³/mol. The van der Waals surface area contributed by atoms with Gasteiger partial charge >= 0.3 is 5.97 Å². The number of rotatable bonds is 6. The maximum Gasteiger partial charge on any atom is 0.323 e. The van der Waals surface area contributed by atoms with Gasteiger partial charge in [-0.25, -0.2) is 0 Å². The Hall–Kier alpha value is -2.19. The molecule has 1 amide bonds. The Balaban J connectivity index is 2.90. The van der Waals surface area contributed by atoms with Gasteiger partial charge in [-0.3, -0.25) is 9.59 Å². The predicted octanol–water partition coefficient (Wildman–Crippen LogP) is 1.44. The molecule has 0 aliphatic rings.